The number of nitrogens with zero attached hydrogens (tertiary/aromatic N) is 5. The van der Waals surface area contributed by atoms with E-state index in [0.29, 0.717) is 83.1 Å². The van der Waals surface area contributed by atoms with Crippen molar-refractivity contribution >= 4 is 116 Å². The minimum absolute atomic E-state index is 0.0544. The van der Waals surface area contributed by atoms with Crippen molar-refractivity contribution < 1.29 is 79.5 Å². The van der Waals surface area contributed by atoms with Gasteiger partial charge in [-0.3, -0.25) is 0 Å². The van der Waals surface area contributed by atoms with Gasteiger partial charge in [0.15, 0.2) is 5.89 Å². The number of hydrogen-bond donors (Lipinski definition) is 1. The maximum absolute atomic E-state index is 11.9. The summed E-state index contributed by atoms with van der Waals surface area (Å²) in [5.74, 6) is 3.37. The van der Waals surface area contributed by atoms with Crippen LogP contribution in [-0.2, 0) is 60.2 Å². The van der Waals surface area contributed by atoms with Crippen LogP contribution in [0.1, 0.15) is 136 Å². The molecule has 0 bridgehead atoms. The Balaban J connectivity index is 0.000000255. The summed E-state index contributed by atoms with van der Waals surface area (Å²) in [6.07, 6.45) is 9.14. The molecule has 0 saturated carbocycles. The molecule has 4 aromatic heterocycles. The standard InChI is InChI=1S/C16H17Br2NO4.C16H16BrNO4.C16H17NO5.C16H19NO4.BHNS/c1-3-22-16(20)14-13(9-17)19-15(23-14)12(18)8-10-4-6-11(21-2)7-5-10;1-3-21-16(19)15-13(10-17)18-14(22-15)9-6-11-4-7-12(20-2)8-5-11;1-19-10-13-15(16(18)21-3)22-14(17-13)9-6-11-4-7-12(20-2)8-5-11;1-4-20-16(18)15-11(2)17-14(21-15)10-7-12-5-8-13(19-3)9-6-12;1-2-3/h4-7,12H,3,8-9H2,1-2H3;4-9H,3,10H2,1-2H3;4-9H,10H2,1-3H3;5-6,8-9H,4,7,10H2,1-3H3;3H/b;2*9-6+;;. The van der Waals surface area contributed by atoms with Crippen molar-refractivity contribution in [1.82, 2.24) is 19.9 Å². The molecular weight excluding hydrogens is 1390 g/mol. The number of thiol groups is 1. The van der Waals surface area contributed by atoms with Gasteiger partial charge in [0.1, 0.15) is 40.1 Å². The monoisotopic (exact) mass is 1460 g/mol. The van der Waals surface area contributed by atoms with Crippen LogP contribution in [0, 0.1) is 6.92 Å². The van der Waals surface area contributed by atoms with Gasteiger partial charge in [0, 0.05) is 36.3 Å². The fourth-order valence-corrected chi connectivity index (χ4v) is 8.91. The number of oxazole rings is 4. The first-order valence-electron chi connectivity index (χ1n) is 27.7. The Morgan fingerprint density at radius 2 is 0.923 bits per heavy atom. The number of aromatic nitrogens is 4. The van der Waals surface area contributed by atoms with Gasteiger partial charge in [-0.15, -0.1) is 0 Å². The minimum atomic E-state index is -0.580. The third-order valence-corrected chi connectivity index (χ3v) is 13.7. The number of aryl methyl sites for hydroxylation is 3. The first-order chi connectivity index (χ1) is 44.0. The molecule has 0 amide bonds. The number of esters is 4. The van der Waals surface area contributed by atoms with E-state index in [4.69, 9.17) is 55.6 Å². The summed E-state index contributed by atoms with van der Waals surface area (Å²) in [6.45, 7) is 8.07. The number of carbonyl (C=O) groups is 4. The Kier molecular flexibility index (Phi) is 34.2. The predicted molar refractivity (Wildman–Crippen MR) is 356 cm³/mol. The molecule has 1 unspecified atom stereocenters. The van der Waals surface area contributed by atoms with Crippen LogP contribution in [0.2, 0.25) is 0 Å². The topological polar surface area (TPSA) is 268 Å². The number of benzene rings is 4. The Labute approximate surface area is 559 Å². The number of halogens is 3. The molecule has 0 aliphatic carbocycles. The third kappa shape index (κ3) is 24.9. The molecule has 8 rings (SSSR count). The predicted octanol–water partition coefficient (Wildman–Crippen LogP) is 14.3. The quantitative estimate of drug-likeness (QED) is 0.0183. The van der Waals surface area contributed by atoms with Crippen LogP contribution in [0.3, 0.4) is 0 Å². The summed E-state index contributed by atoms with van der Waals surface area (Å²) in [7, 11) is 13.6. The van der Waals surface area contributed by atoms with Crippen LogP contribution in [0.25, 0.3) is 24.3 Å². The van der Waals surface area contributed by atoms with Crippen molar-refractivity contribution in [3.05, 3.63) is 189 Å². The average Bonchev–Trinajstić information content (AvgIpc) is 2.86. The SMILES string of the molecule is CCOC(=O)c1oc(/C=C/c2ccc(OC)cc2)nc1CBr.CCOC(=O)c1oc(C(Br)Cc2ccc(OC)cc2)nc1CBr.CCOC(=O)c1oc(CCc2ccc(OC)cc2)nc1C.COCc1nc(/C=C/c2ccc(OC)cc2)oc1C(=O)OC.[B]=NS. The molecule has 4 heterocycles. The van der Waals surface area contributed by atoms with Crippen molar-refractivity contribution in [2.24, 2.45) is 4.30 Å². The first-order valence-corrected chi connectivity index (χ1v) is 31.3. The number of carbonyl (C=O) groups excluding carboxylic acids is 4. The van der Waals surface area contributed by atoms with Crippen LogP contribution < -0.4 is 18.9 Å². The van der Waals surface area contributed by atoms with E-state index in [1.165, 1.54) is 14.2 Å². The van der Waals surface area contributed by atoms with Crippen LogP contribution in [0.5, 0.6) is 23.0 Å². The Bertz CT molecular complexity index is 3570. The second kappa shape index (κ2) is 41.3. The fourth-order valence-electron chi connectivity index (χ4n) is 7.58. The van der Waals surface area contributed by atoms with Gasteiger partial charge in [0.25, 0.3) is 0 Å². The van der Waals surface area contributed by atoms with Crippen LogP contribution >= 0.6 is 60.6 Å². The summed E-state index contributed by atoms with van der Waals surface area (Å²) in [4.78, 5) is 63.9. The summed E-state index contributed by atoms with van der Waals surface area (Å²) in [5.41, 5.74) is 6.21. The molecule has 1 radical (unpaired) electrons. The molecule has 27 heteroatoms. The van der Waals surface area contributed by atoms with Crippen LogP contribution in [-0.4, -0.2) is 114 Å². The molecule has 0 fully saturated rings. The first kappa shape index (κ1) is 75.4. The van der Waals surface area contributed by atoms with Crippen molar-refractivity contribution in [3.63, 3.8) is 0 Å². The molecule has 91 heavy (non-hydrogen) atoms. The van der Waals surface area contributed by atoms with E-state index in [9.17, 15) is 19.2 Å². The fraction of sp³-hybridized carbons (Fsp3) is 0.312. The van der Waals surface area contributed by atoms with Gasteiger partial charge >= 0.3 is 48.6 Å². The van der Waals surface area contributed by atoms with Crippen LogP contribution in [0.4, 0.5) is 0 Å². The molecule has 4 aromatic carbocycles. The van der Waals surface area contributed by atoms with E-state index < -0.39 is 23.9 Å². The van der Waals surface area contributed by atoms with Gasteiger partial charge in [-0.25, -0.2) is 39.1 Å². The number of rotatable bonds is 25. The normalized spacial score (nSPS) is 10.8. The molecular formula is C64H70BBr3N5O17S. The molecule has 0 N–H and O–H groups in total. The van der Waals surface area contributed by atoms with Gasteiger partial charge in [0.2, 0.25) is 40.7 Å². The molecule has 0 aliphatic rings. The molecule has 0 saturated heterocycles. The Hall–Kier alpha value is -8.11. The summed E-state index contributed by atoms with van der Waals surface area (Å²) >= 11 is 13.4. The van der Waals surface area contributed by atoms with Crippen molar-refractivity contribution in [2.75, 3.05) is 62.5 Å². The summed E-state index contributed by atoms with van der Waals surface area (Å²) in [5, 5.41) is 0.841. The van der Waals surface area contributed by atoms with E-state index >= 15 is 0 Å². The van der Waals surface area contributed by atoms with E-state index in [-0.39, 0.29) is 41.1 Å². The zero-order valence-corrected chi connectivity index (χ0v) is 57.5. The van der Waals surface area contributed by atoms with Gasteiger partial charge in [0.05, 0.1) is 72.5 Å². The number of hydrogen-bond acceptors (Lipinski definition) is 23. The Morgan fingerprint density at radius 3 is 1.34 bits per heavy atom. The van der Waals surface area contributed by atoms with Crippen molar-refractivity contribution in [1.29, 1.82) is 0 Å². The molecule has 1 atom stereocenters. The molecule has 22 nitrogen and oxygen atoms in total. The Morgan fingerprint density at radius 1 is 0.527 bits per heavy atom. The number of ether oxygens (including phenoxy) is 9. The second-order valence-corrected chi connectivity index (χ2v) is 20.5. The zero-order valence-electron chi connectivity index (χ0n) is 51.8. The van der Waals surface area contributed by atoms with Gasteiger partial charge in [-0.2, -0.15) is 0 Å². The van der Waals surface area contributed by atoms with Gasteiger partial charge < -0.3 is 60.3 Å². The zero-order chi connectivity index (χ0) is 66.7. The second-order valence-electron chi connectivity index (χ2n) is 18.1. The maximum atomic E-state index is 11.9. The van der Waals surface area contributed by atoms with E-state index in [1.807, 2.05) is 109 Å². The van der Waals surface area contributed by atoms with Crippen molar-refractivity contribution in [2.45, 2.75) is 69.1 Å². The van der Waals surface area contributed by atoms with Gasteiger partial charge in [-0.1, -0.05) is 96.3 Å². The average molecular weight is 1460 g/mol. The van der Waals surface area contributed by atoms with Crippen LogP contribution in [0.15, 0.2) is 119 Å². The number of methoxy groups -OCH3 is 6. The molecule has 483 valence electrons. The summed E-state index contributed by atoms with van der Waals surface area (Å²) < 4.78 is 69.6. The summed E-state index contributed by atoms with van der Waals surface area (Å²) in [6, 6.07) is 30.7. The van der Waals surface area contributed by atoms with Gasteiger partial charge in [-0.05, 0) is 123 Å². The molecule has 0 aliphatic heterocycles. The van der Waals surface area contributed by atoms with E-state index in [0.717, 1.165) is 51.7 Å². The third-order valence-electron chi connectivity index (χ3n) is 12.0. The van der Waals surface area contributed by atoms with E-state index in [1.54, 1.807) is 68.3 Å². The molecule has 0 spiro atoms. The van der Waals surface area contributed by atoms with E-state index in [2.05, 4.69) is 97.2 Å². The molecule has 8 aromatic rings. The number of alkyl halides is 3. The van der Waals surface area contributed by atoms with Crippen molar-refractivity contribution in [3.8, 4) is 23.0 Å².